The van der Waals surface area contributed by atoms with Gasteiger partial charge in [-0.3, -0.25) is 0 Å². The molecular formula is C13H18O. The SMILES string of the molecule is CC(C)c1cccc2c1CCCCO2. The van der Waals surface area contributed by atoms with E-state index in [9.17, 15) is 0 Å². The molecule has 1 nitrogen and oxygen atoms in total. The zero-order valence-corrected chi connectivity index (χ0v) is 9.05. The van der Waals surface area contributed by atoms with E-state index in [1.165, 1.54) is 30.4 Å². The van der Waals surface area contributed by atoms with E-state index in [-0.39, 0.29) is 0 Å². The second-order valence-corrected chi connectivity index (χ2v) is 4.28. The molecule has 0 fully saturated rings. The molecule has 1 heteroatoms. The number of hydrogen-bond donors (Lipinski definition) is 0. The van der Waals surface area contributed by atoms with Crippen molar-refractivity contribution < 1.29 is 4.74 Å². The van der Waals surface area contributed by atoms with Gasteiger partial charge >= 0.3 is 0 Å². The van der Waals surface area contributed by atoms with Crippen LogP contribution in [0.25, 0.3) is 0 Å². The summed E-state index contributed by atoms with van der Waals surface area (Å²) in [5.74, 6) is 1.72. The van der Waals surface area contributed by atoms with Crippen molar-refractivity contribution in [1.82, 2.24) is 0 Å². The van der Waals surface area contributed by atoms with E-state index in [0.717, 1.165) is 12.4 Å². The van der Waals surface area contributed by atoms with E-state index < -0.39 is 0 Å². The fourth-order valence-corrected chi connectivity index (χ4v) is 2.11. The average molecular weight is 190 g/mol. The van der Waals surface area contributed by atoms with Crippen LogP contribution in [0.15, 0.2) is 18.2 Å². The molecule has 0 saturated heterocycles. The molecule has 0 atom stereocenters. The van der Waals surface area contributed by atoms with Crippen molar-refractivity contribution >= 4 is 0 Å². The fourth-order valence-electron chi connectivity index (χ4n) is 2.11. The quantitative estimate of drug-likeness (QED) is 0.658. The van der Waals surface area contributed by atoms with E-state index in [4.69, 9.17) is 4.74 Å². The molecule has 0 amide bonds. The van der Waals surface area contributed by atoms with Gasteiger partial charge in [-0.2, -0.15) is 0 Å². The summed E-state index contributed by atoms with van der Waals surface area (Å²) in [7, 11) is 0. The van der Waals surface area contributed by atoms with Gasteiger partial charge in [-0.25, -0.2) is 0 Å². The van der Waals surface area contributed by atoms with E-state index in [2.05, 4.69) is 32.0 Å². The molecule has 1 aliphatic rings. The highest BCUT2D eigenvalue weighted by molar-refractivity contribution is 5.42. The van der Waals surface area contributed by atoms with Crippen LogP contribution in [0, 0.1) is 0 Å². The van der Waals surface area contributed by atoms with E-state index in [0.29, 0.717) is 5.92 Å². The Kier molecular flexibility index (Phi) is 2.76. The number of ether oxygens (including phenoxy) is 1. The average Bonchev–Trinajstić information content (AvgIpc) is 2.41. The lowest BCUT2D eigenvalue weighted by atomic mass is 9.94. The molecule has 1 aromatic carbocycles. The third kappa shape index (κ3) is 1.77. The maximum Gasteiger partial charge on any atom is 0.122 e. The van der Waals surface area contributed by atoms with Gasteiger partial charge in [-0.05, 0) is 42.4 Å². The van der Waals surface area contributed by atoms with Gasteiger partial charge in [0.2, 0.25) is 0 Å². The molecule has 14 heavy (non-hydrogen) atoms. The molecule has 0 N–H and O–H groups in total. The summed E-state index contributed by atoms with van der Waals surface area (Å²) in [4.78, 5) is 0. The molecule has 0 aliphatic carbocycles. The standard InChI is InChI=1S/C13H18O/c1-10(2)11-7-5-8-13-12(11)6-3-4-9-14-13/h5,7-8,10H,3-4,6,9H2,1-2H3. The van der Waals surface area contributed by atoms with E-state index in [1.54, 1.807) is 0 Å². The smallest absolute Gasteiger partial charge is 0.122 e. The summed E-state index contributed by atoms with van der Waals surface area (Å²) in [5.41, 5.74) is 2.91. The Morgan fingerprint density at radius 3 is 2.86 bits per heavy atom. The highest BCUT2D eigenvalue weighted by atomic mass is 16.5. The van der Waals surface area contributed by atoms with Crippen LogP contribution in [0.2, 0.25) is 0 Å². The number of fused-ring (bicyclic) bond motifs is 1. The van der Waals surface area contributed by atoms with Gasteiger partial charge in [0.1, 0.15) is 5.75 Å². The molecule has 0 saturated carbocycles. The van der Waals surface area contributed by atoms with Crippen molar-refractivity contribution in [3.8, 4) is 5.75 Å². The number of rotatable bonds is 1. The van der Waals surface area contributed by atoms with Crippen molar-refractivity contribution in [1.29, 1.82) is 0 Å². The first-order valence-electron chi connectivity index (χ1n) is 5.53. The maximum absolute atomic E-state index is 5.74. The van der Waals surface area contributed by atoms with Gasteiger partial charge in [0, 0.05) is 0 Å². The first-order chi connectivity index (χ1) is 6.79. The Morgan fingerprint density at radius 2 is 2.07 bits per heavy atom. The van der Waals surface area contributed by atoms with Gasteiger partial charge in [0.15, 0.2) is 0 Å². The summed E-state index contributed by atoms with van der Waals surface area (Å²) in [6, 6.07) is 6.45. The zero-order chi connectivity index (χ0) is 9.97. The van der Waals surface area contributed by atoms with E-state index in [1.807, 2.05) is 0 Å². The van der Waals surface area contributed by atoms with Gasteiger partial charge in [-0.1, -0.05) is 26.0 Å². The largest absolute Gasteiger partial charge is 0.493 e. The van der Waals surface area contributed by atoms with Gasteiger partial charge in [0.05, 0.1) is 6.61 Å². The molecule has 0 aromatic heterocycles. The van der Waals surface area contributed by atoms with Gasteiger partial charge in [0.25, 0.3) is 0 Å². The second-order valence-electron chi connectivity index (χ2n) is 4.28. The van der Waals surface area contributed by atoms with Crippen molar-refractivity contribution in [2.24, 2.45) is 0 Å². The lowest BCUT2D eigenvalue weighted by Crippen LogP contribution is -1.98. The van der Waals surface area contributed by atoms with Crippen LogP contribution in [0.4, 0.5) is 0 Å². The Balaban J connectivity index is 2.42. The Bertz CT molecular complexity index is 315. The number of hydrogen-bond acceptors (Lipinski definition) is 1. The summed E-state index contributed by atoms with van der Waals surface area (Å²) in [6.45, 7) is 5.38. The van der Waals surface area contributed by atoms with Crippen LogP contribution in [0.3, 0.4) is 0 Å². The monoisotopic (exact) mass is 190 g/mol. The number of benzene rings is 1. The van der Waals surface area contributed by atoms with Crippen molar-refractivity contribution in [2.45, 2.75) is 39.0 Å². The lowest BCUT2D eigenvalue weighted by molar-refractivity contribution is 0.316. The molecule has 0 unspecified atom stereocenters. The van der Waals surface area contributed by atoms with E-state index >= 15 is 0 Å². The summed E-state index contributed by atoms with van der Waals surface area (Å²) < 4.78 is 5.74. The van der Waals surface area contributed by atoms with Crippen molar-refractivity contribution in [3.05, 3.63) is 29.3 Å². The molecule has 1 heterocycles. The molecule has 1 aromatic rings. The van der Waals surface area contributed by atoms with Crippen LogP contribution in [-0.4, -0.2) is 6.61 Å². The highest BCUT2D eigenvalue weighted by Gasteiger charge is 2.14. The predicted octanol–water partition coefficient (Wildman–Crippen LogP) is 3.53. The summed E-state index contributed by atoms with van der Waals surface area (Å²) in [6.07, 6.45) is 3.63. The van der Waals surface area contributed by atoms with Crippen LogP contribution >= 0.6 is 0 Å². The van der Waals surface area contributed by atoms with Gasteiger partial charge < -0.3 is 4.74 Å². The maximum atomic E-state index is 5.74. The Morgan fingerprint density at radius 1 is 1.21 bits per heavy atom. The second kappa shape index (κ2) is 4.04. The third-order valence-corrected chi connectivity index (χ3v) is 2.87. The summed E-state index contributed by atoms with van der Waals surface area (Å²) >= 11 is 0. The third-order valence-electron chi connectivity index (χ3n) is 2.87. The topological polar surface area (TPSA) is 9.23 Å². The minimum absolute atomic E-state index is 0.603. The Hall–Kier alpha value is -0.980. The first-order valence-corrected chi connectivity index (χ1v) is 5.53. The van der Waals surface area contributed by atoms with Crippen LogP contribution < -0.4 is 4.74 Å². The first kappa shape index (κ1) is 9.57. The normalized spacial score (nSPS) is 15.9. The molecule has 76 valence electrons. The molecule has 0 spiro atoms. The minimum Gasteiger partial charge on any atom is -0.493 e. The van der Waals surface area contributed by atoms with Crippen LogP contribution in [-0.2, 0) is 6.42 Å². The minimum atomic E-state index is 0.603. The molecule has 2 rings (SSSR count). The van der Waals surface area contributed by atoms with Crippen molar-refractivity contribution in [2.75, 3.05) is 6.61 Å². The van der Waals surface area contributed by atoms with Crippen LogP contribution in [0.5, 0.6) is 5.75 Å². The van der Waals surface area contributed by atoms with Gasteiger partial charge in [-0.15, -0.1) is 0 Å². The van der Waals surface area contributed by atoms with Crippen LogP contribution in [0.1, 0.15) is 43.7 Å². The molecule has 0 bridgehead atoms. The van der Waals surface area contributed by atoms with Crippen molar-refractivity contribution in [3.63, 3.8) is 0 Å². The Labute approximate surface area is 86.1 Å². The highest BCUT2D eigenvalue weighted by Crippen LogP contribution is 2.31. The lowest BCUT2D eigenvalue weighted by Gasteiger charge is -2.14. The molecule has 1 aliphatic heterocycles. The molecule has 0 radical (unpaired) electrons. The predicted molar refractivity (Wildman–Crippen MR) is 59.0 cm³/mol. The fraction of sp³-hybridized carbons (Fsp3) is 0.538. The zero-order valence-electron chi connectivity index (χ0n) is 9.05. The summed E-state index contributed by atoms with van der Waals surface area (Å²) in [5, 5.41) is 0. The molecular weight excluding hydrogens is 172 g/mol.